The fourth-order valence-corrected chi connectivity index (χ4v) is 2.83. The third-order valence-electron chi connectivity index (χ3n) is 3.90. The van der Waals surface area contributed by atoms with Crippen LogP contribution in [-0.4, -0.2) is 40.7 Å². The van der Waals surface area contributed by atoms with Crippen LogP contribution in [0.1, 0.15) is 25.7 Å². The van der Waals surface area contributed by atoms with Gasteiger partial charge in [0.2, 0.25) is 11.7 Å². The molecule has 0 spiro atoms. The summed E-state index contributed by atoms with van der Waals surface area (Å²) >= 11 is 0. The zero-order valence-electron chi connectivity index (χ0n) is 12.5. The maximum absolute atomic E-state index is 5.43. The van der Waals surface area contributed by atoms with Crippen LogP contribution in [0.5, 0.6) is 0 Å². The highest BCUT2D eigenvalue weighted by Gasteiger charge is 2.23. The number of nitrogens with one attached hydrogen (secondary N) is 1. The molecule has 1 aromatic carbocycles. The van der Waals surface area contributed by atoms with Gasteiger partial charge in [-0.25, -0.2) is 0 Å². The molecule has 2 heterocycles. The van der Waals surface area contributed by atoms with Gasteiger partial charge in [-0.2, -0.15) is 4.98 Å². The van der Waals surface area contributed by atoms with Gasteiger partial charge in [0.05, 0.1) is 6.54 Å². The van der Waals surface area contributed by atoms with Crippen molar-refractivity contribution in [1.82, 2.24) is 20.4 Å². The molecule has 1 atom stereocenters. The van der Waals surface area contributed by atoms with Crippen LogP contribution in [0.4, 0.5) is 0 Å². The molecule has 1 unspecified atom stereocenters. The third kappa shape index (κ3) is 3.49. The summed E-state index contributed by atoms with van der Waals surface area (Å²) in [5.74, 6) is 1.38. The number of rotatable bonds is 6. The van der Waals surface area contributed by atoms with Crippen molar-refractivity contribution in [3.8, 4) is 11.4 Å². The summed E-state index contributed by atoms with van der Waals surface area (Å²) < 4.78 is 5.43. The smallest absolute Gasteiger partial charge is 0.241 e. The first-order valence-corrected chi connectivity index (χ1v) is 7.69. The number of nitrogens with zero attached hydrogens (tertiary/aromatic N) is 3. The zero-order chi connectivity index (χ0) is 14.5. The van der Waals surface area contributed by atoms with Crippen molar-refractivity contribution in [3.05, 3.63) is 36.2 Å². The van der Waals surface area contributed by atoms with Crippen molar-refractivity contribution in [2.75, 3.05) is 19.6 Å². The minimum atomic E-state index is 0.581. The molecule has 1 saturated heterocycles. The summed E-state index contributed by atoms with van der Waals surface area (Å²) in [4.78, 5) is 6.98. The fourth-order valence-electron chi connectivity index (χ4n) is 2.83. The Labute approximate surface area is 125 Å². The van der Waals surface area contributed by atoms with Crippen molar-refractivity contribution in [2.24, 2.45) is 0 Å². The van der Waals surface area contributed by atoms with Gasteiger partial charge in [0.1, 0.15) is 0 Å². The maximum Gasteiger partial charge on any atom is 0.241 e. The zero-order valence-corrected chi connectivity index (χ0v) is 12.5. The van der Waals surface area contributed by atoms with Crippen molar-refractivity contribution >= 4 is 0 Å². The summed E-state index contributed by atoms with van der Waals surface area (Å²) in [7, 11) is 0. The van der Waals surface area contributed by atoms with E-state index in [1.807, 2.05) is 30.3 Å². The van der Waals surface area contributed by atoms with E-state index in [9.17, 15) is 0 Å². The quantitative estimate of drug-likeness (QED) is 0.883. The Morgan fingerprint density at radius 3 is 2.90 bits per heavy atom. The van der Waals surface area contributed by atoms with Gasteiger partial charge in [-0.3, -0.25) is 4.90 Å². The van der Waals surface area contributed by atoms with Crippen LogP contribution in [0, 0.1) is 0 Å². The molecule has 0 aliphatic carbocycles. The molecule has 1 aliphatic heterocycles. The monoisotopic (exact) mass is 286 g/mol. The van der Waals surface area contributed by atoms with Gasteiger partial charge in [0.25, 0.3) is 0 Å². The second kappa shape index (κ2) is 6.83. The summed E-state index contributed by atoms with van der Waals surface area (Å²) in [6.07, 6.45) is 2.33. The van der Waals surface area contributed by atoms with Gasteiger partial charge in [0.15, 0.2) is 0 Å². The summed E-state index contributed by atoms with van der Waals surface area (Å²) in [5.41, 5.74) is 0.997. The standard InChI is InChI=1S/C16H22N4O/c1-2-10-20(14-8-9-17-11-14)12-15-18-16(19-21-15)13-6-4-3-5-7-13/h3-7,14,17H,2,8-12H2,1H3. The lowest BCUT2D eigenvalue weighted by molar-refractivity contribution is 0.174. The summed E-state index contributed by atoms with van der Waals surface area (Å²) in [6, 6.07) is 10.5. The molecular weight excluding hydrogens is 264 g/mol. The Balaban J connectivity index is 1.70. The van der Waals surface area contributed by atoms with E-state index in [2.05, 4.69) is 27.3 Å². The molecule has 0 saturated carbocycles. The van der Waals surface area contributed by atoms with E-state index >= 15 is 0 Å². The highest BCUT2D eigenvalue weighted by molar-refractivity contribution is 5.53. The Bertz CT molecular complexity index is 548. The molecule has 5 nitrogen and oxygen atoms in total. The maximum atomic E-state index is 5.43. The van der Waals surface area contributed by atoms with Crippen molar-refractivity contribution < 1.29 is 4.52 Å². The molecule has 1 N–H and O–H groups in total. The number of hydrogen-bond donors (Lipinski definition) is 1. The first kappa shape index (κ1) is 14.2. The molecule has 0 bridgehead atoms. The van der Waals surface area contributed by atoms with Crippen molar-refractivity contribution in [1.29, 1.82) is 0 Å². The van der Waals surface area contributed by atoms with Gasteiger partial charge in [-0.15, -0.1) is 0 Å². The highest BCUT2D eigenvalue weighted by Crippen LogP contribution is 2.17. The Morgan fingerprint density at radius 1 is 1.33 bits per heavy atom. The van der Waals surface area contributed by atoms with Crippen LogP contribution in [-0.2, 0) is 6.54 Å². The molecule has 21 heavy (non-hydrogen) atoms. The highest BCUT2D eigenvalue weighted by atomic mass is 16.5. The second-order valence-corrected chi connectivity index (χ2v) is 5.49. The lowest BCUT2D eigenvalue weighted by Crippen LogP contribution is -2.37. The summed E-state index contributed by atoms with van der Waals surface area (Å²) in [5, 5.41) is 7.52. The van der Waals surface area contributed by atoms with E-state index in [1.165, 1.54) is 6.42 Å². The van der Waals surface area contributed by atoms with Gasteiger partial charge in [-0.05, 0) is 25.9 Å². The van der Waals surface area contributed by atoms with Crippen LogP contribution in [0.3, 0.4) is 0 Å². The normalized spacial score (nSPS) is 18.5. The van der Waals surface area contributed by atoms with Crippen molar-refractivity contribution in [3.63, 3.8) is 0 Å². The minimum Gasteiger partial charge on any atom is -0.338 e. The first-order chi connectivity index (χ1) is 10.4. The van der Waals surface area contributed by atoms with Crippen LogP contribution < -0.4 is 5.32 Å². The van der Waals surface area contributed by atoms with E-state index in [0.29, 0.717) is 17.8 Å². The lowest BCUT2D eigenvalue weighted by Gasteiger charge is -2.26. The van der Waals surface area contributed by atoms with E-state index in [0.717, 1.165) is 38.2 Å². The molecule has 112 valence electrons. The van der Waals surface area contributed by atoms with E-state index < -0.39 is 0 Å². The molecule has 0 amide bonds. The summed E-state index contributed by atoms with van der Waals surface area (Å²) in [6.45, 7) is 6.16. The van der Waals surface area contributed by atoms with Crippen LogP contribution in [0.2, 0.25) is 0 Å². The lowest BCUT2D eigenvalue weighted by atomic mass is 10.2. The van der Waals surface area contributed by atoms with Gasteiger partial charge in [0, 0.05) is 18.2 Å². The van der Waals surface area contributed by atoms with Crippen LogP contribution in [0.15, 0.2) is 34.9 Å². The van der Waals surface area contributed by atoms with Gasteiger partial charge < -0.3 is 9.84 Å². The SMILES string of the molecule is CCCN(Cc1nc(-c2ccccc2)no1)C1CCNC1. The van der Waals surface area contributed by atoms with Gasteiger partial charge in [-0.1, -0.05) is 42.4 Å². The molecule has 3 rings (SSSR count). The van der Waals surface area contributed by atoms with E-state index in [-0.39, 0.29) is 0 Å². The molecule has 1 aromatic heterocycles. The number of hydrogen-bond acceptors (Lipinski definition) is 5. The largest absolute Gasteiger partial charge is 0.338 e. The van der Waals surface area contributed by atoms with E-state index in [4.69, 9.17) is 4.52 Å². The Morgan fingerprint density at radius 2 is 2.19 bits per heavy atom. The van der Waals surface area contributed by atoms with Crippen LogP contribution in [0.25, 0.3) is 11.4 Å². The molecule has 2 aromatic rings. The number of benzene rings is 1. The minimum absolute atomic E-state index is 0.581. The second-order valence-electron chi connectivity index (χ2n) is 5.49. The third-order valence-corrected chi connectivity index (χ3v) is 3.90. The van der Waals surface area contributed by atoms with Crippen LogP contribution >= 0.6 is 0 Å². The predicted molar refractivity (Wildman–Crippen MR) is 81.7 cm³/mol. The first-order valence-electron chi connectivity index (χ1n) is 7.69. The topological polar surface area (TPSA) is 54.2 Å². The average molecular weight is 286 g/mol. The predicted octanol–water partition coefficient (Wildman–Crippen LogP) is 2.31. The molecule has 0 radical (unpaired) electrons. The average Bonchev–Trinajstić information content (AvgIpc) is 3.19. The van der Waals surface area contributed by atoms with Crippen molar-refractivity contribution in [2.45, 2.75) is 32.4 Å². The molecule has 1 fully saturated rings. The van der Waals surface area contributed by atoms with Gasteiger partial charge >= 0.3 is 0 Å². The Hall–Kier alpha value is -1.72. The molecule has 5 heteroatoms. The molecular formula is C16H22N4O. The molecule has 1 aliphatic rings. The Kier molecular flexibility index (Phi) is 4.62. The fraction of sp³-hybridized carbons (Fsp3) is 0.500. The number of aromatic nitrogens is 2. The van der Waals surface area contributed by atoms with E-state index in [1.54, 1.807) is 0 Å².